The third-order valence-corrected chi connectivity index (χ3v) is 5.52. The number of hydrogen-bond donors (Lipinski definition) is 0. The van der Waals surface area contributed by atoms with E-state index in [1.54, 1.807) is 0 Å². The van der Waals surface area contributed by atoms with Gasteiger partial charge in [-0.25, -0.2) is 0 Å². The van der Waals surface area contributed by atoms with Crippen LogP contribution >= 0.6 is 0 Å². The summed E-state index contributed by atoms with van der Waals surface area (Å²) in [5, 5.41) is 0. The van der Waals surface area contributed by atoms with Crippen molar-refractivity contribution in [2.24, 2.45) is 0 Å². The molecule has 1 heterocycles. The molecule has 3 fully saturated rings. The zero-order chi connectivity index (χ0) is 17.9. The summed E-state index contributed by atoms with van der Waals surface area (Å²) < 4.78 is 35.5. The molecule has 2 aliphatic carbocycles. The first-order chi connectivity index (χ1) is 12.9. The third kappa shape index (κ3) is 15.3. The number of fused-ring (bicyclic) bond motifs is 2. The van der Waals surface area contributed by atoms with Gasteiger partial charge in [-0.05, 0) is 25.7 Å². The molecule has 0 bridgehead atoms. The molecule has 0 aromatic rings. The van der Waals surface area contributed by atoms with E-state index in [2.05, 4.69) is 0 Å². The summed E-state index contributed by atoms with van der Waals surface area (Å²) in [4.78, 5) is 0. The second-order valence-electron chi connectivity index (χ2n) is 7.43. The van der Waals surface area contributed by atoms with Crippen molar-refractivity contribution in [3.8, 4) is 0 Å². The van der Waals surface area contributed by atoms with Gasteiger partial charge in [-0.1, -0.05) is 25.7 Å². The number of hydrogen-bond acceptors (Lipinski definition) is 6. The van der Waals surface area contributed by atoms with Gasteiger partial charge in [0.2, 0.25) is 0 Å². The Hall–Kier alpha value is 1.26. The van der Waals surface area contributed by atoms with Crippen molar-refractivity contribution in [1.82, 2.24) is 0 Å². The fourth-order valence-electron chi connectivity index (χ4n) is 4.13. The molecular formula is C20H36NaO10Re-7. The largest absolute Gasteiger partial charge is 2.00 e. The van der Waals surface area contributed by atoms with E-state index >= 15 is 0 Å². The Morgan fingerprint density at radius 2 is 0.594 bits per heavy atom. The van der Waals surface area contributed by atoms with Gasteiger partial charge in [-0.15, -0.1) is 0 Å². The van der Waals surface area contributed by atoms with E-state index in [1.807, 2.05) is 0 Å². The van der Waals surface area contributed by atoms with Crippen LogP contribution in [0.5, 0.6) is 0 Å². The fourth-order valence-corrected chi connectivity index (χ4v) is 4.13. The first kappa shape index (κ1) is 40.4. The van der Waals surface area contributed by atoms with Crippen LogP contribution in [0.4, 0.5) is 0 Å². The predicted molar refractivity (Wildman–Crippen MR) is 100 cm³/mol. The van der Waals surface area contributed by atoms with Crippen molar-refractivity contribution in [3.05, 3.63) is 0 Å². The SMILES string of the molecule is C1CC[C@H]2OCCOCCO[C@H]3CCCC[C@H]3OCCOCCO[C@H]2C1.[Na+].[O-2].[O-2].[O-2].[O-2].[Re]. The van der Waals surface area contributed by atoms with Crippen molar-refractivity contribution in [1.29, 1.82) is 0 Å². The van der Waals surface area contributed by atoms with E-state index in [4.69, 9.17) is 28.4 Å². The molecule has 3 aliphatic rings. The molecule has 0 unspecified atom stereocenters. The summed E-state index contributed by atoms with van der Waals surface area (Å²) in [5.41, 5.74) is 0. The second-order valence-corrected chi connectivity index (χ2v) is 7.43. The van der Waals surface area contributed by atoms with E-state index in [0.29, 0.717) is 52.9 Å². The van der Waals surface area contributed by atoms with Gasteiger partial charge in [0, 0.05) is 20.4 Å². The first-order valence-corrected chi connectivity index (χ1v) is 10.6. The van der Waals surface area contributed by atoms with Gasteiger partial charge in [0.15, 0.2) is 0 Å². The summed E-state index contributed by atoms with van der Waals surface area (Å²) in [6.07, 6.45) is 9.93. The van der Waals surface area contributed by atoms with Crippen molar-refractivity contribution >= 4 is 0 Å². The van der Waals surface area contributed by atoms with Crippen LogP contribution in [-0.4, -0.2) is 77.3 Å². The van der Waals surface area contributed by atoms with E-state index in [9.17, 15) is 0 Å². The molecule has 10 nitrogen and oxygen atoms in total. The minimum absolute atomic E-state index is 0. The molecule has 12 heteroatoms. The van der Waals surface area contributed by atoms with Crippen LogP contribution in [-0.2, 0) is 70.7 Å². The Morgan fingerprint density at radius 3 is 0.812 bits per heavy atom. The quantitative estimate of drug-likeness (QED) is 0.314. The Morgan fingerprint density at radius 1 is 0.375 bits per heavy atom. The molecule has 32 heavy (non-hydrogen) atoms. The maximum atomic E-state index is 6.03. The van der Waals surface area contributed by atoms with Crippen molar-refractivity contribution in [3.63, 3.8) is 0 Å². The molecular weight excluding hydrogens is 609 g/mol. The van der Waals surface area contributed by atoms with Gasteiger partial charge in [0.25, 0.3) is 0 Å². The fraction of sp³-hybridized carbons (Fsp3) is 1.00. The molecule has 0 amide bonds. The van der Waals surface area contributed by atoms with E-state index in [1.165, 1.54) is 25.7 Å². The maximum Gasteiger partial charge on any atom is 1.00 e. The minimum Gasteiger partial charge on any atom is -2.00 e. The molecule has 0 N–H and O–H groups in total. The first-order valence-electron chi connectivity index (χ1n) is 10.6. The average Bonchev–Trinajstić information content (AvgIpc) is 2.68. The van der Waals surface area contributed by atoms with E-state index < -0.39 is 0 Å². The third-order valence-electron chi connectivity index (χ3n) is 5.52. The van der Waals surface area contributed by atoms with Gasteiger partial charge in [-0.3, -0.25) is 0 Å². The molecule has 0 aromatic carbocycles. The smallest absolute Gasteiger partial charge is 1.00 e. The number of rotatable bonds is 0. The maximum absolute atomic E-state index is 6.03. The summed E-state index contributed by atoms with van der Waals surface area (Å²) in [6.45, 7) is 4.93. The van der Waals surface area contributed by atoms with Crippen molar-refractivity contribution < 1.29 is 100 Å². The van der Waals surface area contributed by atoms with Gasteiger partial charge in [0.1, 0.15) is 0 Å². The van der Waals surface area contributed by atoms with Crippen LogP contribution < -0.4 is 29.6 Å². The summed E-state index contributed by atoms with van der Waals surface area (Å²) in [6, 6.07) is 0. The molecule has 4 atom stereocenters. The molecule has 3 rings (SSSR count). The summed E-state index contributed by atoms with van der Waals surface area (Å²) in [7, 11) is 0. The molecule has 191 valence electrons. The van der Waals surface area contributed by atoms with Gasteiger partial charge < -0.3 is 50.3 Å². The van der Waals surface area contributed by atoms with Crippen LogP contribution in [0, 0.1) is 0 Å². The normalized spacial score (nSPS) is 30.0. The van der Waals surface area contributed by atoms with E-state index in [-0.39, 0.29) is 96.3 Å². The monoisotopic (exact) mass is 646 g/mol. The molecule has 0 aromatic heterocycles. The van der Waals surface area contributed by atoms with Crippen molar-refractivity contribution in [2.75, 3.05) is 52.9 Å². The zero-order valence-corrected chi connectivity index (χ0v) is 23.8. The minimum atomic E-state index is 0. The molecule has 1 saturated heterocycles. The van der Waals surface area contributed by atoms with Gasteiger partial charge in [-0.2, -0.15) is 0 Å². The van der Waals surface area contributed by atoms with Crippen LogP contribution in [0.25, 0.3) is 0 Å². The Balaban J connectivity index is -0.000000653. The molecule has 0 spiro atoms. The Labute approximate surface area is 227 Å². The van der Waals surface area contributed by atoms with Crippen LogP contribution in [0.3, 0.4) is 0 Å². The Bertz CT molecular complexity index is 320. The van der Waals surface area contributed by atoms with Gasteiger partial charge >= 0.3 is 29.6 Å². The average molecular weight is 646 g/mol. The molecule has 1 aliphatic heterocycles. The van der Waals surface area contributed by atoms with Crippen molar-refractivity contribution in [2.45, 2.75) is 75.8 Å². The van der Waals surface area contributed by atoms with Gasteiger partial charge in [0.05, 0.1) is 77.3 Å². The van der Waals surface area contributed by atoms with E-state index in [0.717, 1.165) is 25.7 Å². The summed E-state index contributed by atoms with van der Waals surface area (Å²) >= 11 is 0. The summed E-state index contributed by atoms with van der Waals surface area (Å²) in [5.74, 6) is 0. The van der Waals surface area contributed by atoms with Crippen LogP contribution in [0.2, 0.25) is 0 Å². The second kappa shape index (κ2) is 25.4. The van der Waals surface area contributed by atoms with Crippen LogP contribution in [0.15, 0.2) is 0 Å². The standard InChI is InChI=1S/C20H36O6.Na.4O.Re/c1-2-6-18-17(5-1)23-13-9-21-11-15-25-19-7-3-4-8-20(19)26-16-12-22-10-14-24-18;;;;;;/h17-20H,1-16H2;;;;;;/q;+1;4*-2;/t17-,18+,19+,20-;;;;;;. The number of ether oxygens (including phenoxy) is 6. The Kier molecular flexibility index (Phi) is 32.0. The zero-order valence-electron chi connectivity index (χ0n) is 19.1. The van der Waals surface area contributed by atoms with Crippen LogP contribution in [0.1, 0.15) is 51.4 Å². The topological polar surface area (TPSA) is 169 Å². The molecule has 2 saturated carbocycles. The molecule has 1 radical (unpaired) electrons. The predicted octanol–water partition coefficient (Wildman–Crippen LogP) is -0.752.